The molecule has 1 fully saturated rings. The Kier molecular flexibility index (Phi) is 4.51. The lowest BCUT2D eigenvalue weighted by atomic mass is 9.81. The van der Waals surface area contributed by atoms with Crippen molar-refractivity contribution in [3.63, 3.8) is 0 Å². The molecular formula is C24H21NO2. The van der Waals surface area contributed by atoms with Crippen molar-refractivity contribution in [2.75, 3.05) is 4.90 Å². The maximum atomic E-state index is 12.9. The number of benzene rings is 3. The second-order valence-electron chi connectivity index (χ2n) is 6.88. The van der Waals surface area contributed by atoms with Gasteiger partial charge < -0.3 is 10.0 Å². The molecule has 2 atom stereocenters. The lowest BCUT2D eigenvalue weighted by Crippen LogP contribution is -2.54. The van der Waals surface area contributed by atoms with E-state index in [1.807, 2.05) is 30.4 Å². The summed E-state index contributed by atoms with van der Waals surface area (Å²) in [5.41, 5.74) is 4.20. The summed E-state index contributed by atoms with van der Waals surface area (Å²) in [5.74, 6) is 0.0548. The Morgan fingerprint density at radius 3 is 2.22 bits per heavy atom. The number of aromatic hydroxyl groups is 1. The predicted octanol–water partition coefficient (Wildman–Crippen LogP) is 5.12. The summed E-state index contributed by atoms with van der Waals surface area (Å²) in [7, 11) is 0. The molecule has 0 saturated carbocycles. The monoisotopic (exact) mass is 355 g/mol. The zero-order valence-corrected chi connectivity index (χ0v) is 15.1. The Morgan fingerprint density at radius 2 is 1.56 bits per heavy atom. The Hall–Kier alpha value is -3.33. The summed E-state index contributed by atoms with van der Waals surface area (Å²) in [4.78, 5) is 14.7. The van der Waals surface area contributed by atoms with Crippen molar-refractivity contribution in [2.24, 2.45) is 5.92 Å². The molecule has 1 heterocycles. The summed E-state index contributed by atoms with van der Waals surface area (Å²) in [6.45, 7) is 2.06. The molecule has 3 aromatic rings. The van der Waals surface area contributed by atoms with E-state index in [0.717, 1.165) is 16.8 Å². The molecule has 27 heavy (non-hydrogen) atoms. The van der Waals surface area contributed by atoms with Crippen molar-refractivity contribution >= 4 is 17.7 Å². The van der Waals surface area contributed by atoms with E-state index in [9.17, 15) is 9.90 Å². The van der Waals surface area contributed by atoms with Crippen molar-refractivity contribution < 1.29 is 9.90 Å². The van der Waals surface area contributed by atoms with Gasteiger partial charge in [0, 0.05) is 5.69 Å². The number of anilines is 1. The molecule has 4 rings (SSSR count). The van der Waals surface area contributed by atoms with Crippen LogP contribution in [0.1, 0.15) is 22.7 Å². The van der Waals surface area contributed by atoms with Crippen LogP contribution in [0.3, 0.4) is 0 Å². The zero-order chi connectivity index (χ0) is 18.8. The highest BCUT2D eigenvalue weighted by Gasteiger charge is 2.47. The lowest BCUT2D eigenvalue weighted by molar-refractivity contribution is -0.128. The number of phenols is 1. The van der Waals surface area contributed by atoms with Gasteiger partial charge in [0.25, 0.3) is 0 Å². The maximum absolute atomic E-state index is 12.9. The fraction of sp³-hybridized carbons (Fsp3) is 0.125. The topological polar surface area (TPSA) is 40.5 Å². The van der Waals surface area contributed by atoms with Crippen LogP contribution >= 0.6 is 0 Å². The highest BCUT2D eigenvalue weighted by molar-refractivity contribution is 6.04. The summed E-state index contributed by atoms with van der Waals surface area (Å²) in [5, 5.41) is 9.55. The van der Waals surface area contributed by atoms with Gasteiger partial charge in [0.1, 0.15) is 5.75 Å². The highest BCUT2D eigenvalue weighted by Crippen LogP contribution is 2.44. The van der Waals surface area contributed by atoms with E-state index in [0.29, 0.717) is 0 Å². The first-order valence-electron chi connectivity index (χ1n) is 9.05. The SMILES string of the molecule is Cc1ccc(/C=C/[C@H]2C(=O)N(c3ccc(O)cc3)[C@@H]2c2ccccc2)cc1. The number of carbonyl (C=O) groups excluding carboxylic acids is 1. The van der Waals surface area contributed by atoms with Gasteiger partial charge in [0.05, 0.1) is 12.0 Å². The average molecular weight is 355 g/mol. The predicted molar refractivity (Wildman–Crippen MR) is 108 cm³/mol. The molecule has 0 radical (unpaired) electrons. The Labute approximate surface area is 159 Å². The van der Waals surface area contributed by atoms with Crippen molar-refractivity contribution in [2.45, 2.75) is 13.0 Å². The van der Waals surface area contributed by atoms with E-state index in [1.165, 1.54) is 5.56 Å². The van der Waals surface area contributed by atoms with E-state index in [1.54, 1.807) is 29.2 Å². The van der Waals surface area contributed by atoms with Crippen molar-refractivity contribution in [1.29, 1.82) is 0 Å². The first-order chi connectivity index (χ1) is 13.1. The third kappa shape index (κ3) is 3.36. The lowest BCUT2D eigenvalue weighted by Gasteiger charge is -2.46. The van der Waals surface area contributed by atoms with E-state index in [4.69, 9.17) is 0 Å². The first kappa shape index (κ1) is 17.1. The molecule has 1 N–H and O–H groups in total. The molecule has 0 bridgehead atoms. The second-order valence-corrected chi connectivity index (χ2v) is 6.88. The maximum Gasteiger partial charge on any atom is 0.236 e. The minimum Gasteiger partial charge on any atom is -0.508 e. The molecular weight excluding hydrogens is 334 g/mol. The largest absolute Gasteiger partial charge is 0.508 e. The van der Waals surface area contributed by atoms with Crippen LogP contribution in [0.15, 0.2) is 84.9 Å². The van der Waals surface area contributed by atoms with E-state index < -0.39 is 0 Å². The van der Waals surface area contributed by atoms with Gasteiger partial charge in [-0.25, -0.2) is 0 Å². The summed E-state index contributed by atoms with van der Waals surface area (Å²) in [6.07, 6.45) is 4.02. The quantitative estimate of drug-likeness (QED) is 0.660. The van der Waals surface area contributed by atoms with E-state index >= 15 is 0 Å². The molecule has 1 aliphatic heterocycles. The van der Waals surface area contributed by atoms with Crippen LogP contribution in [0.5, 0.6) is 5.75 Å². The molecule has 0 aromatic heterocycles. The summed E-state index contributed by atoms with van der Waals surface area (Å²) < 4.78 is 0. The number of hydrogen-bond donors (Lipinski definition) is 1. The second kappa shape index (κ2) is 7.12. The first-order valence-corrected chi connectivity index (χ1v) is 9.05. The Bertz CT molecular complexity index is 960. The normalized spacial score (nSPS) is 19.3. The Morgan fingerprint density at radius 1 is 0.889 bits per heavy atom. The molecule has 1 amide bonds. The van der Waals surface area contributed by atoms with Gasteiger partial charge in [-0.05, 0) is 42.3 Å². The standard InChI is InChI=1S/C24H21NO2/c1-17-7-9-18(10-8-17)11-16-22-23(19-5-3-2-4-6-19)25(24(22)27)20-12-14-21(26)15-13-20/h2-16,22-23,26H,1H3/b16-11+/t22-,23-/m1/s1. The van der Waals surface area contributed by atoms with Crippen LogP contribution in [0, 0.1) is 12.8 Å². The van der Waals surface area contributed by atoms with Crippen LogP contribution in [-0.4, -0.2) is 11.0 Å². The Balaban J connectivity index is 1.65. The smallest absolute Gasteiger partial charge is 0.236 e. The van der Waals surface area contributed by atoms with E-state index in [-0.39, 0.29) is 23.6 Å². The number of nitrogens with zero attached hydrogens (tertiary/aromatic N) is 1. The minimum atomic E-state index is -0.206. The van der Waals surface area contributed by atoms with Crippen LogP contribution < -0.4 is 4.90 Å². The van der Waals surface area contributed by atoms with Crippen molar-refractivity contribution in [3.05, 3.63) is 102 Å². The number of hydrogen-bond acceptors (Lipinski definition) is 2. The minimum absolute atomic E-state index is 0.0510. The number of carbonyl (C=O) groups is 1. The number of aryl methyl sites for hydroxylation is 1. The van der Waals surface area contributed by atoms with Gasteiger partial charge in [0.2, 0.25) is 5.91 Å². The number of β-lactam (4-membered cyclic amide) rings is 1. The summed E-state index contributed by atoms with van der Waals surface area (Å²) >= 11 is 0. The fourth-order valence-corrected chi connectivity index (χ4v) is 3.50. The van der Waals surface area contributed by atoms with Gasteiger partial charge in [-0.15, -0.1) is 0 Å². The van der Waals surface area contributed by atoms with Gasteiger partial charge >= 0.3 is 0 Å². The molecule has 0 aliphatic carbocycles. The van der Waals surface area contributed by atoms with Gasteiger partial charge in [-0.3, -0.25) is 4.79 Å². The third-order valence-corrected chi connectivity index (χ3v) is 4.98. The number of rotatable bonds is 4. The highest BCUT2D eigenvalue weighted by atomic mass is 16.3. The van der Waals surface area contributed by atoms with Crippen molar-refractivity contribution in [3.8, 4) is 5.75 Å². The van der Waals surface area contributed by atoms with Crippen LogP contribution in [-0.2, 0) is 4.79 Å². The van der Waals surface area contributed by atoms with Gasteiger partial charge in [0.15, 0.2) is 0 Å². The molecule has 3 nitrogen and oxygen atoms in total. The molecule has 0 unspecified atom stereocenters. The molecule has 134 valence electrons. The molecule has 1 saturated heterocycles. The molecule has 0 spiro atoms. The van der Waals surface area contributed by atoms with Crippen LogP contribution in [0.25, 0.3) is 6.08 Å². The van der Waals surface area contributed by atoms with E-state index in [2.05, 4.69) is 43.3 Å². The number of amides is 1. The van der Waals surface area contributed by atoms with Crippen molar-refractivity contribution in [1.82, 2.24) is 0 Å². The third-order valence-electron chi connectivity index (χ3n) is 4.98. The summed E-state index contributed by atoms with van der Waals surface area (Å²) in [6, 6.07) is 25.1. The molecule has 3 aromatic carbocycles. The number of phenolic OH excluding ortho intramolecular Hbond substituents is 1. The van der Waals surface area contributed by atoms with Crippen LogP contribution in [0.4, 0.5) is 5.69 Å². The molecule has 3 heteroatoms. The van der Waals surface area contributed by atoms with Gasteiger partial charge in [-0.2, -0.15) is 0 Å². The average Bonchev–Trinajstić information content (AvgIpc) is 2.69. The zero-order valence-electron chi connectivity index (χ0n) is 15.1. The fourth-order valence-electron chi connectivity index (χ4n) is 3.50. The molecule has 1 aliphatic rings. The van der Waals surface area contributed by atoms with Gasteiger partial charge in [-0.1, -0.05) is 72.3 Å². The van der Waals surface area contributed by atoms with Crippen LogP contribution in [0.2, 0.25) is 0 Å².